The van der Waals surface area contributed by atoms with Crippen molar-refractivity contribution in [1.82, 2.24) is 0 Å². The molecule has 0 aromatic carbocycles. The van der Waals surface area contributed by atoms with E-state index in [1.165, 1.54) is 7.11 Å². The number of methoxy groups -OCH3 is 1. The number of carbonyl (C=O) groups is 1. The Balaban J connectivity index is 2.06. The van der Waals surface area contributed by atoms with E-state index >= 15 is 0 Å². The Bertz CT molecular complexity index is 340. The van der Waals surface area contributed by atoms with Crippen LogP contribution >= 0.6 is 0 Å². The Labute approximate surface area is 96.2 Å². The number of aliphatic hydroxyl groups is 1. The maximum Gasteiger partial charge on any atom is 0.314 e. The molecule has 0 spiro atoms. The van der Waals surface area contributed by atoms with Gasteiger partial charge in [0.15, 0.2) is 0 Å². The molecule has 0 aromatic heterocycles. The van der Waals surface area contributed by atoms with Crippen molar-refractivity contribution >= 4 is 5.97 Å². The van der Waals surface area contributed by atoms with Crippen LogP contribution in [-0.4, -0.2) is 23.8 Å². The zero-order valence-electron chi connectivity index (χ0n) is 10.0. The van der Waals surface area contributed by atoms with Crippen LogP contribution in [0.5, 0.6) is 0 Å². The normalized spacial score (nSPS) is 54.1. The molecule has 1 N–H and O–H groups in total. The van der Waals surface area contributed by atoms with Crippen LogP contribution in [0.3, 0.4) is 0 Å². The predicted octanol–water partition coefficient (Wildman–Crippen LogP) is 1.74. The second kappa shape index (κ2) is 3.00. The molecule has 5 atom stereocenters. The first-order valence-corrected chi connectivity index (χ1v) is 6.36. The summed E-state index contributed by atoms with van der Waals surface area (Å²) in [5, 5.41) is 10.9. The van der Waals surface area contributed by atoms with Crippen LogP contribution in [0.25, 0.3) is 0 Å². The van der Waals surface area contributed by atoms with E-state index in [1.54, 1.807) is 0 Å². The van der Waals surface area contributed by atoms with Gasteiger partial charge in [0, 0.05) is 0 Å². The van der Waals surface area contributed by atoms with Gasteiger partial charge < -0.3 is 9.84 Å². The topological polar surface area (TPSA) is 46.5 Å². The molecule has 3 nitrogen and oxygen atoms in total. The first kappa shape index (κ1) is 10.6. The lowest BCUT2D eigenvalue weighted by Gasteiger charge is -2.43. The van der Waals surface area contributed by atoms with E-state index in [1.807, 2.05) is 0 Å². The minimum Gasteiger partial charge on any atom is -0.469 e. The number of hydrogen-bond acceptors (Lipinski definition) is 3. The van der Waals surface area contributed by atoms with Crippen LogP contribution in [0.2, 0.25) is 0 Å². The first-order valence-electron chi connectivity index (χ1n) is 6.36. The Kier molecular flexibility index (Phi) is 1.99. The van der Waals surface area contributed by atoms with Crippen molar-refractivity contribution in [2.75, 3.05) is 7.11 Å². The molecule has 3 saturated carbocycles. The maximum atomic E-state index is 12.1. The van der Waals surface area contributed by atoms with Gasteiger partial charge in [-0.05, 0) is 49.9 Å². The van der Waals surface area contributed by atoms with E-state index in [0.717, 1.165) is 32.1 Å². The summed E-state index contributed by atoms with van der Waals surface area (Å²) in [5.74, 6) is 1.35. The molecule has 4 bridgehead atoms. The highest BCUT2D eigenvalue weighted by Gasteiger charge is 2.71. The van der Waals surface area contributed by atoms with Crippen LogP contribution in [0.15, 0.2) is 0 Å². The van der Waals surface area contributed by atoms with Crippen molar-refractivity contribution in [2.24, 2.45) is 23.2 Å². The van der Waals surface area contributed by atoms with Crippen LogP contribution < -0.4 is 0 Å². The fourth-order valence-electron chi connectivity index (χ4n) is 4.98. The summed E-state index contributed by atoms with van der Waals surface area (Å²) >= 11 is 0. The number of ether oxygens (including phenoxy) is 1. The van der Waals surface area contributed by atoms with E-state index in [4.69, 9.17) is 4.74 Å². The Morgan fingerprint density at radius 3 is 2.75 bits per heavy atom. The van der Waals surface area contributed by atoms with Crippen LogP contribution in [0.1, 0.15) is 39.0 Å². The van der Waals surface area contributed by atoms with E-state index in [-0.39, 0.29) is 5.97 Å². The fourth-order valence-corrected chi connectivity index (χ4v) is 4.98. The van der Waals surface area contributed by atoms with Crippen molar-refractivity contribution in [3.63, 3.8) is 0 Å². The molecule has 0 amide bonds. The molecular formula is C13H20O3. The lowest BCUT2D eigenvalue weighted by atomic mass is 9.64. The molecule has 3 aliphatic rings. The molecule has 0 saturated heterocycles. The Hall–Kier alpha value is -0.570. The summed E-state index contributed by atoms with van der Waals surface area (Å²) in [5.41, 5.74) is -1.34. The third kappa shape index (κ3) is 0.922. The molecule has 90 valence electrons. The second-order valence-electron chi connectivity index (χ2n) is 6.03. The highest BCUT2D eigenvalue weighted by atomic mass is 16.5. The Morgan fingerprint density at radius 2 is 2.06 bits per heavy atom. The number of hydrogen-bond donors (Lipinski definition) is 1. The van der Waals surface area contributed by atoms with E-state index in [9.17, 15) is 9.90 Å². The van der Waals surface area contributed by atoms with Gasteiger partial charge in [0.2, 0.25) is 0 Å². The monoisotopic (exact) mass is 224 g/mol. The van der Waals surface area contributed by atoms with Gasteiger partial charge in [0.05, 0.1) is 18.1 Å². The summed E-state index contributed by atoms with van der Waals surface area (Å²) in [6.07, 6.45) is 4.52. The smallest absolute Gasteiger partial charge is 0.314 e. The minimum atomic E-state index is -0.761. The maximum absolute atomic E-state index is 12.1. The molecule has 3 heteroatoms. The lowest BCUT2D eigenvalue weighted by Crippen LogP contribution is -2.53. The lowest BCUT2D eigenvalue weighted by molar-refractivity contribution is -0.176. The van der Waals surface area contributed by atoms with Crippen LogP contribution in [-0.2, 0) is 9.53 Å². The summed E-state index contributed by atoms with van der Waals surface area (Å²) in [6, 6.07) is 0. The molecule has 3 aliphatic carbocycles. The van der Waals surface area contributed by atoms with Crippen molar-refractivity contribution < 1.29 is 14.6 Å². The standard InChI is InChI=1S/C13H20O3/c1-8-7-13(15)10-4-6-12(13,11(14)16-2)5-3-9(8)10/h8-10,15H,3-7H2,1-2H3/t8-,9+,10+,12-,13+/m0/s1. The number of carbonyl (C=O) groups excluding carboxylic acids is 1. The number of rotatable bonds is 1. The summed E-state index contributed by atoms with van der Waals surface area (Å²) in [4.78, 5) is 12.1. The fraction of sp³-hybridized carbons (Fsp3) is 0.923. The van der Waals surface area contributed by atoms with Crippen LogP contribution in [0, 0.1) is 23.2 Å². The first-order chi connectivity index (χ1) is 7.55. The van der Waals surface area contributed by atoms with Crippen molar-refractivity contribution in [1.29, 1.82) is 0 Å². The molecule has 0 heterocycles. The summed E-state index contributed by atoms with van der Waals surface area (Å²) in [7, 11) is 1.44. The molecule has 0 radical (unpaired) electrons. The zero-order valence-corrected chi connectivity index (χ0v) is 10.0. The molecule has 0 aliphatic heterocycles. The highest BCUT2D eigenvalue weighted by Crippen LogP contribution is 2.68. The second-order valence-corrected chi connectivity index (χ2v) is 6.03. The Morgan fingerprint density at radius 1 is 1.38 bits per heavy atom. The predicted molar refractivity (Wildman–Crippen MR) is 58.6 cm³/mol. The van der Waals surface area contributed by atoms with Crippen LogP contribution in [0.4, 0.5) is 0 Å². The van der Waals surface area contributed by atoms with E-state index in [0.29, 0.717) is 17.8 Å². The SMILES string of the molecule is COC(=O)[C@]12CC[C@H]3[C@@H](CC1)[C@]2(O)C[C@@H]3C. The van der Waals surface area contributed by atoms with Gasteiger partial charge in [-0.3, -0.25) is 4.79 Å². The van der Waals surface area contributed by atoms with Gasteiger partial charge in [0.1, 0.15) is 0 Å². The van der Waals surface area contributed by atoms with E-state index in [2.05, 4.69) is 6.92 Å². The molecule has 3 fully saturated rings. The molecule has 16 heavy (non-hydrogen) atoms. The van der Waals surface area contributed by atoms with Gasteiger partial charge in [0.25, 0.3) is 0 Å². The summed E-state index contributed by atoms with van der Waals surface area (Å²) < 4.78 is 4.96. The van der Waals surface area contributed by atoms with Gasteiger partial charge in [-0.2, -0.15) is 0 Å². The molecule has 3 rings (SSSR count). The van der Waals surface area contributed by atoms with Gasteiger partial charge in [-0.15, -0.1) is 0 Å². The van der Waals surface area contributed by atoms with Gasteiger partial charge in [-0.25, -0.2) is 0 Å². The third-order valence-electron chi connectivity index (χ3n) is 5.69. The van der Waals surface area contributed by atoms with Crippen molar-refractivity contribution in [3.05, 3.63) is 0 Å². The quantitative estimate of drug-likeness (QED) is 0.690. The van der Waals surface area contributed by atoms with Crippen molar-refractivity contribution in [2.45, 2.75) is 44.6 Å². The molecule has 0 unspecified atom stereocenters. The molecule has 0 aromatic rings. The highest BCUT2D eigenvalue weighted by molar-refractivity contribution is 5.79. The van der Waals surface area contributed by atoms with E-state index < -0.39 is 11.0 Å². The third-order valence-corrected chi connectivity index (χ3v) is 5.69. The van der Waals surface area contributed by atoms with Crippen molar-refractivity contribution in [3.8, 4) is 0 Å². The largest absolute Gasteiger partial charge is 0.469 e. The average Bonchev–Trinajstić information content (AvgIpc) is 2.56. The average molecular weight is 224 g/mol. The molecular weight excluding hydrogens is 204 g/mol. The summed E-state index contributed by atoms with van der Waals surface area (Å²) in [6.45, 7) is 2.22. The minimum absolute atomic E-state index is 0.176. The number of esters is 1. The van der Waals surface area contributed by atoms with Gasteiger partial charge >= 0.3 is 5.97 Å². The van der Waals surface area contributed by atoms with Gasteiger partial charge in [-0.1, -0.05) is 6.92 Å². The zero-order chi connectivity index (χ0) is 11.6.